The molecule has 0 aliphatic rings. The van der Waals surface area contributed by atoms with Gasteiger partial charge in [0.05, 0.1) is 5.52 Å². The second kappa shape index (κ2) is 5.57. The summed E-state index contributed by atoms with van der Waals surface area (Å²) >= 11 is 3.28. The fraction of sp³-hybridized carbons (Fsp3) is 0.154. The van der Waals surface area contributed by atoms with E-state index in [0.717, 1.165) is 0 Å². The van der Waals surface area contributed by atoms with Crippen LogP contribution in [-0.4, -0.2) is 33.2 Å². The van der Waals surface area contributed by atoms with Crippen molar-refractivity contribution in [2.45, 2.75) is 0 Å². The van der Waals surface area contributed by atoms with Gasteiger partial charge >= 0.3 is 5.97 Å². The van der Waals surface area contributed by atoms with Crippen LogP contribution < -0.4 is 10.9 Å². The molecule has 8 heteroatoms. The van der Waals surface area contributed by atoms with Crippen molar-refractivity contribution in [1.29, 1.82) is 0 Å². The van der Waals surface area contributed by atoms with E-state index in [0.29, 0.717) is 15.4 Å². The van der Waals surface area contributed by atoms with E-state index in [1.54, 1.807) is 18.2 Å². The smallest absolute Gasteiger partial charge is 0.322 e. The van der Waals surface area contributed by atoms with Gasteiger partial charge in [0.1, 0.15) is 17.9 Å². The second-order valence-electron chi connectivity index (χ2n) is 4.30. The number of hydrogen-bond donors (Lipinski definition) is 3. The first-order valence-corrected chi connectivity index (χ1v) is 6.64. The molecule has 3 N–H and O–H groups in total. The van der Waals surface area contributed by atoms with E-state index in [-0.39, 0.29) is 0 Å². The van der Waals surface area contributed by atoms with Crippen molar-refractivity contribution in [3.8, 4) is 5.75 Å². The van der Waals surface area contributed by atoms with Gasteiger partial charge in [0.2, 0.25) is 0 Å². The van der Waals surface area contributed by atoms with Crippen molar-refractivity contribution in [3.05, 3.63) is 38.6 Å². The zero-order valence-corrected chi connectivity index (χ0v) is 12.5. The van der Waals surface area contributed by atoms with Gasteiger partial charge in [0.25, 0.3) is 11.5 Å². The summed E-state index contributed by atoms with van der Waals surface area (Å²) in [4.78, 5) is 34.6. The highest BCUT2D eigenvalue weighted by Gasteiger charge is 2.22. The number of carbonyl (C=O) groups is 2. The summed E-state index contributed by atoms with van der Waals surface area (Å²) in [6.07, 6.45) is 0. The average Bonchev–Trinajstić information content (AvgIpc) is 2.42. The predicted octanol–water partition coefficient (Wildman–Crippen LogP) is 0.821. The number of para-hydroxylation sites is 1. The molecule has 0 radical (unpaired) electrons. The standard InChI is InChI=1S/C13H11BrN2O5/c1-16-10-6(3-2-4-7(10)14)11(19)9(13(16)21)12(20)15-5-8(17)18/h2-4,19H,5H2,1H3,(H,15,20)(H,17,18). The van der Waals surface area contributed by atoms with Crippen molar-refractivity contribution in [3.63, 3.8) is 0 Å². The molecule has 0 aliphatic carbocycles. The molecule has 2 rings (SSSR count). The number of amides is 1. The van der Waals surface area contributed by atoms with Crippen LogP contribution in [0, 0.1) is 0 Å². The molecule has 7 nitrogen and oxygen atoms in total. The van der Waals surface area contributed by atoms with Gasteiger partial charge in [0.15, 0.2) is 0 Å². The molecule has 1 heterocycles. The molecule has 0 spiro atoms. The molecular weight excluding hydrogens is 344 g/mol. The summed E-state index contributed by atoms with van der Waals surface area (Å²) in [5.41, 5.74) is -0.756. The summed E-state index contributed by atoms with van der Waals surface area (Å²) in [5.74, 6) is -2.65. The molecule has 0 saturated heterocycles. The lowest BCUT2D eigenvalue weighted by Gasteiger charge is -2.12. The summed E-state index contributed by atoms with van der Waals surface area (Å²) in [7, 11) is 1.46. The van der Waals surface area contributed by atoms with Crippen LogP contribution in [0.1, 0.15) is 10.4 Å². The first kappa shape index (κ1) is 15.0. The fourth-order valence-corrected chi connectivity index (χ4v) is 2.63. The number of fused-ring (bicyclic) bond motifs is 1. The molecule has 110 valence electrons. The average molecular weight is 355 g/mol. The first-order valence-electron chi connectivity index (χ1n) is 5.84. The van der Waals surface area contributed by atoms with Gasteiger partial charge in [-0.2, -0.15) is 0 Å². The molecular formula is C13H11BrN2O5. The number of carboxylic acid groups (broad SMARTS) is 1. The zero-order chi connectivity index (χ0) is 15.7. The second-order valence-corrected chi connectivity index (χ2v) is 5.15. The Labute approximate surface area is 126 Å². The molecule has 0 aliphatic heterocycles. The summed E-state index contributed by atoms with van der Waals surface area (Å²) < 4.78 is 1.81. The van der Waals surface area contributed by atoms with Crippen LogP contribution in [-0.2, 0) is 11.8 Å². The lowest BCUT2D eigenvalue weighted by atomic mass is 10.1. The van der Waals surface area contributed by atoms with Crippen molar-refractivity contribution in [1.82, 2.24) is 9.88 Å². The monoisotopic (exact) mass is 354 g/mol. The number of rotatable bonds is 3. The highest BCUT2D eigenvalue weighted by atomic mass is 79.9. The number of aromatic hydroxyl groups is 1. The molecule has 0 saturated carbocycles. The number of pyridine rings is 1. The molecule has 0 unspecified atom stereocenters. The van der Waals surface area contributed by atoms with Crippen LogP contribution in [0.15, 0.2) is 27.5 Å². The quantitative estimate of drug-likeness (QED) is 0.756. The van der Waals surface area contributed by atoms with Crippen LogP contribution in [0.4, 0.5) is 0 Å². The summed E-state index contributed by atoms with van der Waals surface area (Å²) in [6.45, 7) is -0.641. The molecule has 1 aromatic heterocycles. The van der Waals surface area contributed by atoms with Crippen LogP contribution in [0.5, 0.6) is 5.75 Å². The Bertz CT molecular complexity index is 812. The van der Waals surface area contributed by atoms with E-state index in [2.05, 4.69) is 21.2 Å². The molecule has 0 bridgehead atoms. The number of nitrogens with one attached hydrogen (secondary N) is 1. The van der Waals surface area contributed by atoms with Gasteiger partial charge in [0, 0.05) is 16.9 Å². The minimum absolute atomic E-state index is 0.312. The third-order valence-corrected chi connectivity index (χ3v) is 3.60. The first-order chi connectivity index (χ1) is 9.84. The minimum Gasteiger partial charge on any atom is -0.506 e. The number of aromatic nitrogens is 1. The summed E-state index contributed by atoms with van der Waals surface area (Å²) in [6, 6.07) is 4.91. The molecule has 21 heavy (non-hydrogen) atoms. The number of benzene rings is 1. The Morgan fingerprint density at radius 3 is 2.67 bits per heavy atom. The number of carboxylic acids is 1. The van der Waals surface area contributed by atoms with Crippen LogP contribution in [0.3, 0.4) is 0 Å². The van der Waals surface area contributed by atoms with Crippen LogP contribution >= 0.6 is 15.9 Å². The van der Waals surface area contributed by atoms with Crippen molar-refractivity contribution < 1.29 is 19.8 Å². The van der Waals surface area contributed by atoms with E-state index in [1.807, 2.05) is 0 Å². The van der Waals surface area contributed by atoms with Gasteiger partial charge in [-0.05, 0) is 28.1 Å². The van der Waals surface area contributed by atoms with Crippen molar-refractivity contribution in [2.75, 3.05) is 6.54 Å². The number of nitrogens with zero attached hydrogens (tertiary/aromatic N) is 1. The molecule has 0 atom stereocenters. The van der Waals surface area contributed by atoms with E-state index in [9.17, 15) is 19.5 Å². The number of carbonyl (C=O) groups excluding carboxylic acids is 1. The minimum atomic E-state index is -1.25. The van der Waals surface area contributed by atoms with Crippen LogP contribution in [0.25, 0.3) is 10.9 Å². The zero-order valence-electron chi connectivity index (χ0n) is 10.9. The van der Waals surface area contributed by atoms with Crippen molar-refractivity contribution >= 4 is 38.7 Å². The van der Waals surface area contributed by atoms with Crippen molar-refractivity contribution in [2.24, 2.45) is 7.05 Å². The third-order valence-electron chi connectivity index (χ3n) is 2.96. The Morgan fingerprint density at radius 1 is 1.38 bits per heavy atom. The van der Waals surface area contributed by atoms with E-state index in [4.69, 9.17) is 5.11 Å². The largest absolute Gasteiger partial charge is 0.506 e. The molecule has 1 amide bonds. The van der Waals surface area contributed by atoms with E-state index < -0.39 is 35.3 Å². The topological polar surface area (TPSA) is 109 Å². The predicted molar refractivity (Wildman–Crippen MR) is 78.5 cm³/mol. The Balaban J connectivity index is 2.69. The maximum atomic E-state index is 12.2. The Morgan fingerprint density at radius 2 is 2.05 bits per heavy atom. The SMILES string of the molecule is Cn1c(=O)c(C(=O)NCC(=O)O)c(O)c2cccc(Br)c21. The normalized spacial score (nSPS) is 10.6. The fourth-order valence-electron chi connectivity index (χ4n) is 2.00. The number of hydrogen-bond acceptors (Lipinski definition) is 4. The number of aryl methyl sites for hydroxylation is 1. The Hall–Kier alpha value is -2.35. The maximum absolute atomic E-state index is 12.2. The van der Waals surface area contributed by atoms with Gasteiger partial charge in [-0.15, -0.1) is 0 Å². The lowest BCUT2D eigenvalue weighted by Crippen LogP contribution is -2.35. The van der Waals surface area contributed by atoms with E-state index >= 15 is 0 Å². The third kappa shape index (κ3) is 2.62. The van der Waals surface area contributed by atoms with Gasteiger partial charge in [-0.3, -0.25) is 14.4 Å². The molecule has 0 fully saturated rings. The number of halogens is 1. The highest BCUT2D eigenvalue weighted by Crippen LogP contribution is 2.30. The lowest BCUT2D eigenvalue weighted by molar-refractivity contribution is -0.135. The van der Waals surface area contributed by atoms with Crippen LogP contribution in [0.2, 0.25) is 0 Å². The maximum Gasteiger partial charge on any atom is 0.322 e. The highest BCUT2D eigenvalue weighted by molar-refractivity contribution is 9.10. The molecule has 2 aromatic rings. The molecule has 1 aromatic carbocycles. The Kier molecular flexibility index (Phi) is 3.99. The summed E-state index contributed by atoms with van der Waals surface area (Å²) in [5, 5.41) is 21.1. The van der Waals surface area contributed by atoms with Gasteiger partial charge < -0.3 is 20.1 Å². The van der Waals surface area contributed by atoms with E-state index in [1.165, 1.54) is 11.6 Å². The number of aliphatic carboxylic acids is 1. The van der Waals surface area contributed by atoms with Gasteiger partial charge in [-0.25, -0.2) is 0 Å². The van der Waals surface area contributed by atoms with Gasteiger partial charge in [-0.1, -0.05) is 6.07 Å².